The van der Waals surface area contributed by atoms with Crippen LogP contribution >= 0.6 is 0 Å². The van der Waals surface area contributed by atoms with E-state index in [9.17, 15) is 4.79 Å². The Bertz CT molecular complexity index is 381. The molecule has 2 unspecified atom stereocenters. The lowest BCUT2D eigenvalue weighted by atomic mass is 9.78. The van der Waals surface area contributed by atoms with Gasteiger partial charge in [0.2, 0.25) is 0 Å². The van der Waals surface area contributed by atoms with E-state index in [1.807, 2.05) is 31.2 Å². The third-order valence-corrected chi connectivity index (χ3v) is 3.61. The van der Waals surface area contributed by atoms with Crippen LogP contribution in [0.2, 0.25) is 0 Å². The molecule has 1 aromatic rings. The molecule has 1 nitrogen and oxygen atoms in total. The topological polar surface area (TPSA) is 17.1 Å². The number of hydrogen-bond acceptors (Lipinski definition) is 1. The van der Waals surface area contributed by atoms with Crippen LogP contribution < -0.4 is 0 Å². The van der Waals surface area contributed by atoms with Gasteiger partial charge in [0.05, 0.1) is 0 Å². The number of carbonyl (C=O) groups excluding carboxylic acids is 1. The van der Waals surface area contributed by atoms with Gasteiger partial charge in [-0.25, -0.2) is 0 Å². The molecule has 0 aliphatic heterocycles. The normalized spacial score (nSPS) is 25.4. The van der Waals surface area contributed by atoms with Gasteiger partial charge in [-0.15, -0.1) is 0 Å². The number of benzene rings is 1. The fourth-order valence-electron chi connectivity index (χ4n) is 2.71. The molecule has 0 aromatic heterocycles. The number of ketones is 1. The lowest BCUT2D eigenvalue weighted by Crippen LogP contribution is -2.21. The summed E-state index contributed by atoms with van der Waals surface area (Å²) in [6.45, 7) is 4.30. The summed E-state index contributed by atoms with van der Waals surface area (Å²) in [5.74, 6) is 1.34. The Labute approximate surface area is 97.9 Å². The molecule has 1 heteroatoms. The first kappa shape index (κ1) is 11.4. The van der Waals surface area contributed by atoms with Crippen LogP contribution in [-0.4, -0.2) is 5.78 Å². The second-order valence-electron chi connectivity index (χ2n) is 5.20. The van der Waals surface area contributed by atoms with Gasteiger partial charge in [0, 0.05) is 11.5 Å². The Hall–Kier alpha value is -1.11. The molecule has 0 bridgehead atoms. The second kappa shape index (κ2) is 4.82. The second-order valence-corrected chi connectivity index (χ2v) is 5.20. The summed E-state index contributed by atoms with van der Waals surface area (Å²) in [5.41, 5.74) is 2.08. The molecular formula is C15H20O. The molecule has 2 atom stereocenters. The Morgan fingerprint density at radius 3 is 2.81 bits per heavy atom. The smallest absolute Gasteiger partial charge is 0.165 e. The van der Waals surface area contributed by atoms with E-state index in [4.69, 9.17) is 0 Å². The lowest BCUT2D eigenvalue weighted by Gasteiger charge is -2.25. The molecule has 86 valence electrons. The molecule has 1 aliphatic rings. The summed E-state index contributed by atoms with van der Waals surface area (Å²) in [6.07, 6.45) is 4.66. The molecule has 1 saturated carbocycles. The largest absolute Gasteiger partial charge is 0.294 e. The minimum Gasteiger partial charge on any atom is -0.294 e. The number of hydrogen-bond donors (Lipinski definition) is 0. The Balaban J connectivity index is 2.12. The Morgan fingerprint density at radius 2 is 2.12 bits per heavy atom. The van der Waals surface area contributed by atoms with Gasteiger partial charge in [-0.3, -0.25) is 4.79 Å². The van der Waals surface area contributed by atoms with Crippen LogP contribution in [0.1, 0.15) is 48.5 Å². The highest BCUT2D eigenvalue weighted by Crippen LogP contribution is 2.30. The standard InChI is InChI=1S/C15H20O/c1-11-5-3-7-13(9-11)15(16)14-8-4-6-12(2)10-14/h3,5,7,9,12,14H,4,6,8,10H2,1-2H3. The Morgan fingerprint density at radius 1 is 1.31 bits per heavy atom. The first-order chi connectivity index (χ1) is 7.66. The number of aryl methyl sites for hydroxylation is 1. The quantitative estimate of drug-likeness (QED) is 0.683. The predicted molar refractivity (Wildman–Crippen MR) is 66.6 cm³/mol. The first-order valence-corrected chi connectivity index (χ1v) is 6.27. The van der Waals surface area contributed by atoms with E-state index in [-0.39, 0.29) is 5.92 Å². The SMILES string of the molecule is Cc1cccc(C(=O)C2CCCC(C)C2)c1. The van der Waals surface area contributed by atoms with Crippen molar-refractivity contribution >= 4 is 5.78 Å². The van der Waals surface area contributed by atoms with E-state index in [0.29, 0.717) is 11.7 Å². The molecule has 0 radical (unpaired) electrons. The molecule has 0 heterocycles. The van der Waals surface area contributed by atoms with E-state index in [0.717, 1.165) is 18.4 Å². The molecule has 0 amide bonds. The van der Waals surface area contributed by atoms with Crippen LogP contribution in [0.25, 0.3) is 0 Å². The van der Waals surface area contributed by atoms with Gasteiger partial charge in [0.25, 0.3) is 0 Å². The van der Waals surface area contributed by atoms with Crippen LogP contribution in [0.4, 0.5) is 0 Å². The molecule has 0 spiro atoms. The predicted octanol–water partition coefficient (Wildman–Crippen LogP) is 4.00. The third-order valence-electron chi connectivity index (χ3n) is 3.61. The highest BCUT2D eigenvalue weighted by Gasteiger charge is 2.25. The minimum atomic E-state index is 0.269. The maximum atomic E-state index is 12.3. The maximum absolute atomic E-state index is 12.3. The highest BCUT2D eigenvalue weighted by molar-refractivity contribution is 5.98. The van der Waals surface area contributed by atoms with Gasteiger partial charge in [0.1, 0.15) is 0 Å². The molecule has 2 rings (SSSR count). The fourth-order valence-corrected chi connectivity index (χ4v) is 2.71. The van der Waals surface area contributed by atoms with Crippen molar-refractivity contribution in [1.82, 2.24) is 0 Å². The third kappa shape index (κ3) is 2.52. The molecule has 16 heavy (non-hydrogen) atoms. The molecule has 1 aliphatic carbocycles. The van der Waals surface area contributed by atoms with Crippen LogP contribution in [-0.2, 0) is 0 Å². The van der Waals surface area contributed by atoms with Gasteiger partial charge in [0.15, 0.2) is 5.78 Å². The van der Waals surface area contributed by atoms with E-state index in [1.54, 1.807) is 0 Å². The van der Waals surface area contributed by atoms with Crippen LogP contribution in [0.15, 0.2) is 24.3 Å². The number of carbonyl (C=O) groups is 1. The van der Waals surface area contributed by atoms with E-state index >= 15 is 0 Å². The molecule has 1 aromatic carbocycles. The van der Waals surface area contributed by atoms with Gasteiger partial charge in [-0.2, -0.15) is 0 Å². The van der Waals surface area contributed by atoms with E-state index in [2.05, 4.69) is 6.92 Å². The van der Waals surface area contributed by atoms with Crippen molar-refractivity contribution in [1.29, 1.82) is 0 Å². The summed E-state index contributed by atoms with van der Waals surface area (Å²) < 4.78 is 0. The summed E-state index contributed by atoms with van der Waals surface area (Å²) >= 11 is 0. The minimum absolute atomic E-state index is 0.269. The fraction of sp³-hybridized carbons (Fsp3) is 0.533. The van der Waals surface area contributed by atoms with Gasteiger partial charge >= 0.3 is 0 Å². The first-order valence-electron chi connectivity index (χ1n) is 6.27. The summed E-state index contributed by atoms with van der Waals surface area (Å²) in [4.78, 5) is 12.3. The number of rotatable bonds is 2. The zero-order valence-electron chi connectivity index (χ0n) is 10.2. The van der Waals surface area contributed by atoms with Crippen molar-refractivity contribution in [3.05, 3.63) is 35.4 Å². The van der Waals surface area contributed by atoms with Gasteiger partial charge in [-0.1, -0.05) is 43.5 Å². The van der Waals surface area contributed by atoms with Crippen molar-refractivity contribution in [2.24, 2.45) is 11.8 Å². The number of Topliss-reactive ketones (excluding diaryl/α,β-unsaturated/α-hetero) is 1. The zero-order chi connectivity index (χ0) is 11.5. The monoisotopic (exact) mass is 216 g/mol. The maximum Gasteiger partial charge on any atom is 0.165 e. The highest BCUT2D eigenvalue weighted by atomic mass is 16.1. The van der Waals surface area contributed by atoms with E-state index in [1.165, 1.54) is 18.4 Å². The summed E-state index contributed by atoms with van der Waals surface area (Å²) in [7, 11) is 0. The van der Waals surface area contributed by atoms with Gasteiger partial charge < -0.3 is 0 Å². The zero-order valence-corrected chi connectivity index (χ0v) is 10.2. The van der Waals surface area contributed by atoms with Crippen LogP contribution in [0.5, 0.6) is 0 Å². The average molecular weight is 216 g/mol. The van der Waals surface area contributed by atoms with Crippen molar-refractivity contribution < 1.29 is 4.79 Å². The van der Waals surface area contributed by atoms with Crippen LogP contribution in [0.3, 0.4) is 0 Å². The van der Waals surface area contributed by atoms with Crippen molar-refractivity contribution in [2.75, 3.05) is 0 Å². The summed E-state index contributed by atoms with van der Waals surface area (Å²) in [5, 5.41) is 0. The Kier molecular flexibility index (Phi) is 3.42. The average Bonchev–Trinajstić information content (AvgIpc) is 2.28. The molecule has 1 fully saturated rings. The van der Waals surface area contributed by atoms with Gasteiger partial charge in [-0.05, 0) is 31.7 Å². The van der Waals surface area contributed by atoms with E-state index < -0.39 is 0 Å². The van der Waals surface area contributed by atoms with Crippen LogP contribution in [0, 0.1) is 18.8 Å². The molecule has 0 N–H and O–H groups in total. The molecular weight excluding hydrogens is 196 g/mol. The molecule has 0 saturated heterocycles. The van der Waals surface area contributed by atoms with Crippen molar-refractivity contribution in [3.63, 3.8) is 0 Å². The lowest BCUT2D eigenvalue weighted by molar-refractivity contribution is 0.0868. The van der Waals surface area contributed by atoms with Crippen molar-refractivity contribution in [3.8, 4) is 0 Å². The van der Waals surface area contributed by atoms with Crippen molar-refractivity contribution in [2.45, 2.75) is 39.5 Å². The summed E-state index contributed by atoms with van der Waals surface area (Å²) in [6, 6.07) is 7.99.